The molecular weight excluding hydrogens is 136 g/mol. The largest absolute Gasteiger partial charge is 0.303 e. The van der Waals surface area contributed by atoms with E-state index >= 15 is 0 Å². The van der Waals surface area contributed by atoms with Crippen molar-refractivity contribution in [2.24, 2.45) is 5.92 Å². The maximum absolute atomic E-state index is 10.2. The molecule has 1 nitrogen and oxygen atoms in total. The summed E-state index contributed by atoms with van der Waals surface area (Å²) in [6.45, 7) is 4.12. The predicted octanol–water partition coefficient (Wildman–Crippen LogP) is 2.96. The number of hydrogen-bond acceptors (Lipinski definition) is 1. The van der Waals surface area contributed by atoms with Gasteiger partial charge in [-0.05, 0) is 12.8 Å². The molecule has 0 N–H and O–H groups in total. The van der Waals surface area contributed by atoms with E-state index in [1.54, 1.807) is 0 Å². The number of allylic oxidation sites excluding steroid dienone is 2. The molecule has 0 aliphatic rings. The van der Waals surface area contributed by atoms with E-state index in [1.807, 2.05) is 6.92 Å². The van der Waals surface area contributed by atoms with Gasteiger partial charge in [-0.25, -0.2) is 0 Å². The van der Waals surface area contributed by atoms with E-state index in [-0.39, 0.29) is 5.92 Å². The summed E-state index contributed by atoms with van der Waals surface area (Å²) in [5, 5.41) is 0. The lowest BCUT2D eigenvalue weighted by molar-refractivity contribution is -0.110. The van der Waals surface area contributed by atoms with Crippen LogP contribution in [0.5, 0.6) is 0 Å². The second kappa shape index (κ2) is 7.52. The molecule has 0 spiro atoms. The summed E-state index contributed by atoms with van der Waals surface area (Å²) < 4.78 is 0. The van der Waals surface area contributed by atoms with E-state index in [2.05, 4.69) is 19.1 Å². The van der Waals surface area contributed by atoms with Gasteiger partial charge in [0.1, 0.15) is 6.29 Å². The van der Waals surface area contributed by atoms with Crippen LogP contribution in [0, 0.1) is 5.92 Å². The summed E-state index contributed by atoms with van der Waals surface area (Å²) in [4.78, 5) is 10.2. The van der Waals surface area contributed by atoms with Crippen LogP contribution in [0.4, 0.5) is 0 Å². The smallest absolute Gasteiger partial charge is 0.123 e. The van der Waals surface area contributed by atoms with Crippen molar-refractivity contribution in [2.45, 2.75) is 39.5 Å². The Bertz CT molecular complexity index is 116. The molecule has 0 saturated heterocycles. The van der Waals surface area contributed by atoms with Crippen molar-refractivity contribution in [1.29, 1.82) is 0 Å². The Labute approximate surface area is 69.5 Å². The molecule has 64 valence electrons. The molecule has 1 unspecified atom stereocenters. The van der Waals surface area contributed by atoms with Crippen molar-refractivity contribution in [2.75, 3.05) is 0 Å². The predicted molar refractivity (Wildman–Crippen MR) is 48.5 cm³/mol. The van der Waals surface area contributed by atoms with Gasteiger partial charge in [0.05, 0.1) is 0 Å². The highest BCUT2D eigenvalue weighted by atomic mass is 16.1. The van der Waals surface area contributed by atoms with Gasteiger partial charge < -0.3 is 4.79 Å². The summed E-state index contributed by atoms with van der Waals surface area (Å²) in [5.41, 5.74) is 0. The van der Waals surface area contributed by atoms with Gasteiger partial charge in [0, 0.05) is 5.92 Å². The summed E-state index contributed by atoms with van der Waals surface area (Å²) >= 11 is 0. The number of carbonyl (C=O) groups is 1. The van der Waals surface area contributed by atoms with Gasteiger partial charge in [-0.3, -0.25) is 0 Å². The van der Waals surface area contributed by atoms with Gasteiger partial charge in [0.15, 0.2) is 0 Å². The van der Waals surface area contributed by atoms with Gasteiger partial charge in [-0.2, -0.15) is 0 Å². The van der Waals surface area contributed by atoms with Crippen LogP contribution in [0.3, 0.4) is 0 Å². The Hall–Kier alpha value is -0.590. The monoisotopic (exact) mass is 154 g/mol. The molecule has 0 aliphatic carbocycles. The van der Waals surface area contributed by atoms with Crippen molar-refractivity contribution in [3.8, 4) is 0 Å². The third-order valence-electron chi connectivity index (χ3n) is 1.63. The normalized spacial score (nSPS) is 13.6. The molecule has 0 rings (SSSR count). The number of rotatable bonds is 6. The van der Waals surface area contributed by atoms with Crippen molar-refractivity contribution < 1.29 is 4.79 Å². The van der Waals surface area contributed by atoms with Crippen LogP contribution in [0.25, 0.3) is 0 Å². The molecule has 0 fully saturated rings. The Morgan fingerprint density at radius 3 is 2.64 bits per heavy atom. The first-order chi connectivity index (χ1) is 5.31. The fourth-order valence-electron chi connectivity index (χ4n) is 0.806. The minimum absolute atomic E-state index is 0.188. The summed E-state index contributed by atoms with van der Waals surface area (Å²) in [5.74, 6) is 0.188. The van der Waals surface area contributed by atoms with Gasteiger partial charge >= 0.3 is 0 Å². The van der Waals surface area contributed by atoms with E-state index in [1.165, 1.54) is 12.8 Å². The fourth-order valence-corrected chi connectivity index (χ4v) is 0.806. The van der Waals surface area contributed by atoms with Gasteiger partial charge in [0.25, 0.3) is 0 Å². The quantitative estimate of drug-likeness (QED) is 0.326. The lowest BCUT2D eigenvalue weighted by atomic mass is 10.1. The van der Waals surface area contributed by atoms with Crippen LogP contribution >= 0.6 is 0 Å². The van der Waals surface area contributed by atoms with Crippen LogP contribution in [-0.4, -0.2) is 6.29 Å². The minimum atomic E-state index is 0.188. The van der Waals surface area contributed by atoms with E-state index < -0.39 is 0 Å². The lowest BCUT2D eigenvalue weighted by Gasteiger charge is -1.95. The molecule has 0 aromatic heterocycles. The number of unbranched alkanes of at least 4 members (excludes halogenated alkanes) is 2. The third kappa shape index (κ3) is 7.31. The molecule has 0 aromatic carbocycles. The maximum atomic E-state index is 10.2. The summed E-state index contributed by atoms with van der Waals surface area (Å²) in [6, 6.07) is 0. The first kappa shape index (κ1) is 10.4. The second-order valence-electron chi connectivity index (χ2n) is 2.96. The third-order valence-corrected chi connectivity index (χ3v) is 1.63. The van der Waals surface area contributed by atoms with Crippen molar-refractivity contribution >= 4 is 6.29 Å². The van der Waals surface area contributed by atoms with Gasteiger partial charge in [-0.1, -0.05) is 38.8 Å². The highest BCUT2D eigenvalue weighted by molar-refractivity contribution is 5.52. The van der Waals surface area contributed by atoms with Crippen molar-refractivity contribution in [3.05, 3.63) is 12.2 Å². The van der Waals surface area contributed by atoms with Crippen LogP contribution in [0.1, 0.15) is 39.5 Å². The fraction of sp³-hybridized carbons (Fsp3) is 0.700. The summed E-state index contributed by atoms with van der Waals surface area (Å²) in [7, 11) is 0. The lowest BCUT2D eigenvalue weighted by Crippen LogP contribution is -1.91. The molecule has 0 radical (unpaired) electrons. The topological polar surface area (TPSA) is 17.1 Å². The van der Waals surface area contributed by atoms with E-state index in [9.17, 15) is 4.79 Å². The van der Waals surface area contributed by atoms with Crippen molar-refractivity contribution in [1.82, 2.24) is 0 Å². The SMILES string of the molecule is CCCC/C=C/CC(C)C=O. The molecule has 0 saturated carbocycles. The number of aldehydes is 1. The first-order valence-corrected chi connectivity index (χ1v) is 4.41. The average molecular weight is 154 g/mol. The van der Waals surface area contributed by atoms with E-state index in [4.69, 9.17) is 0 Å². The van der Waals surface area contributed by atoms with E-state index in [0.717, 1.165) is 19.1 Å². The number of hydrogen-bond donors (Lipinski definition) is 0. The number of carbonyl (C=O) groups excluding carboxylic acids is 1. The molecule has 0 aromatic rings. The molecule has 11 heavy (non-hydrogen) atoms. The van der Waals surface area contributed by atoms with Crippen LogP contribution in [-0.2, 0) is 4.79 Å². The second-order valence-corrected chi connectivity index (χ2v) is 2.96. The summed E-state index contributed by atoms with van der Waals surface area (Å²) in [6.07, 6.45) is 9.83. The Morgan fingerprint density at radius 2 is 2.09 bits per heavy atom. The van der Waals surface area contributed by atoms with Crippen LogP contribution in [0.2, 0.25) is 0 Å². The van der Waals surface area contributed by atoms with Crippen LogP contribution in [0.15, 0.2) is 12.2 Å². The molecule has 0 bridgehead atoms. The molecule has 0 aliphatic heterocycles. The zero-order valence-corrected chi connectivity index (χ0v) is 7.55. The molecule has 0 amide bonds. The zero-order valence-electron chi connectivity index (χ0n) is 7.55. The molecule has 1 heteroatoms. The highest BCUT2D eigenvalue weighted by Crippen LogP contribution is 2.01. The zero-order chi connectivity index (χ0) is 8.53. The first-order valence-electron chi connectivity index (χ1n) is 4.41. The van der Waals surface area contributed by atoms with E-state index in [0.29, 0.717) is 0 Å². The molecular formula is C10H18O. The van der Waals surface area contributed by atoms with Gasteiger partial charge in [0.2, 0.25) is 0 Å². The van der Waals surface area contributed by atoms with Gasteiger partial charge in [-0.15, -0.1) is 0 Å². The average Bonchev–Trinajstić information content (AvgIpc) is 2.04. The Morgan fingerprint density at radius 1 is 1.36 bits per heavy atom. The Balaban J connectivity index is 3.21. The van der Waals surface area contributed by atoms with Crippen molar-refractivity contribution in [3.63, 3.8) is 0 Å². The molecule has 1 atom stereocenters. The standard InChI is InChI=1S/C10H18O/c1-3-4-5-6-7-8-10(2)9-11/h6-7,9-10H,3-5,8H2,1-2H3/b7-6+. The minimum Gasteiger partial charge on any atom is -0.303 e. The maximum Gasteiger partial charge on any atom is 0.123 e. The van der Waals surface area contributed by atoms with Crippen LogP contribution < -0.4 is 0 Å². The Kier molecular flexibility index (Phi) is 7.11. The molecule has 0 heterocycles. The highest BCUT2D eigenvalue weighted by Gasteiger charge is 1.92.